The summed E-state index contributed by atoms with van der Waals surface area (Å²) in [5.74, 6) is -0.842. The van der Waals surface area contributed by atoms with E-state index in [0.29, 0.717) is 22.7 Å². The molecule has 112 valence electrons. The minimum absolute atomic E-state index is 0.260. The van der Waals surface area contributed by atoms with Crippen LogP contribution in [0.2, 0.25) is 5.02 Å². The lowest BCUT2D eigenvalue weighted by Crippen LogP contribution is -2.22. The molecule has 0 heterocycles. The van der Waals surface area contributed by atoms with Crippen LogP contribution in [0.15, 0.2) is 30.3 Å². The molecule has 1 N–H and O–H groups in total. The first-order chi connectivity index (χ1) is 9.88. The number of rotatable bonds is 4. The highest BCUT2D eigenvalue weighted by atomic mass is 35.5. The van der Waals surface area contributed by atoms with E-state index in [1.807, 2.05) is 13.8 Å². The first-order valence-electron chi connectivity index (χ1n) is 6.86. The van der Waals surface area contributed by atoms with Crippen LogP contribution in [0.25, 0.3) is 11.1 Å². The van der Waals surface area contributed by atoms with Crippen LogP contribution >= 0.6 is 11.6 Å². The third-order valence-electron chi connectivity index (χ3n) is 3.31. The number of nitrogens with one attached hydrogen (secondary N) is 1. The lowest BCUT2D eigenvalue weighted by atomic mass is 9.97. The van der Waals surface area contributed by atoms with Crippen molar-refractivity contribution < 1.29 is 8.78 Å². The summed E-state index contributed by atoms with van der Waals surface area (Å²) >= 11 is 6.02. The van der Waals surface area contributed by atoms with Crippen LogP contribution in [-0.2, 0) is 6.54 Å². The van der Waals surface area contributed by atoms with Crippen molar-refractivity contribution >= 4 is 11.6 Å². The van der Waals surface area contributed by atoms with Crippen molar-refractivity contribution in [2.24, 2.45) is 0 Å². The minimum atomic E-state index is -0.429. The molecule has 0 amide bonds. The van der Waals surface area contributed by atoms with Crippen molar-refractivity contribution in [2.45, 2.75) is 33.4 Å². The second-order valence-corrected chi connectivity index (χ2v) is 5.85. The summed E-state index contributed by atoms with van der Waals surface area (Å²) in [6.07, 6.45) is 0. The molecule has 1 nitrogen and oxygen atoms in total. The number of benzene rings is 2. The van der Waals surface area contributed by atoms with E-state index >= 15 is 0 Å². The maximum Gasteiger partial charge on any atom is 0.131 e. The molecule has 21 heavy (non-hydrogen) atoms. The molecular formula is C17H18ClF2N. The van der Waals surface area contributed by atoms with E-state index in [-0.39, 0.29) is 11.6 Å². The summed E-state index contributed by atoms with van der Waals surface area (Å²) < 4.78 is 27.9. The van der Waals surface area contributed by atoms with Crippen LogP contribution < -0.4 is 5.32 Å². The van der Waals surface area contributed by atoms with Gasteiger partial charge in [0.1, 0.15) is 11.6 Å². The monoisotopic (exact) mass is 309 g/mol. The zero-order chi connectivity index (χ0) is 15.6. The summed E-state index contributed by atoms with van der Waals surface area (Å²) in [7, 11) is 0. The molecule has 0 bridgehead atoms. The first kappa shape index (κ1) is 15.9. The molecule has 0 unspecified atom stereocenters. The molecule has 0 aliphatic rings. The van der Waals surface area contributed by atoms with Crippen LogP contribution in [0.3, 0.4) is 0 Å². The first-order valence-corrected chi connectivity index (χ1v) is 7.24. The molecule has 0 radical (unpaired) electrons. The van der Waals surface area contributed by atoms with Gasteiger partial charge in [0.15, 0.2) is 0 Å². The Hall–Kier alpha value is -1.45. The average Bonchev–Trinajstić information content (AvgIpc) is 2.41. The third-order valence-corrected chi connectivity index (χ3v) is 3.54. The van der Waals surface area contributed by atoms with Crippen molar-refractivity contribution in [3.05, 3.63) is 58.1 Å². The lowest BCUT2D eigenvalue weighted by molar-refractivity contribution is 0.586. The Morgan fingerprint density at radius 2 is 1.76 bits per heavy atom. The number of hydrogen-bond donors (Lipinski definition) is 1. The van der Waals surface area contributed by atoms with Crippen LogP contribution in [0.5, 0.6) is 0 Å². The van der Waals surface area contributed by atoms with Gasteiger partial charge in [0, 0.05) is 23.2 Å². The van der Waals surface area contributed by atoms with E-state index in [2.05, 4.69) is 5.32 Å². The van der Waals surface area contributed by atoms with E-state index in [0.717, 1.165) is 5.56 Å². The normalized spacial score (nSPS) is 11.2. The van der Waals surface area contributed by atoms with Crippen LogP contribution in [0.1, 0.15) is 25.0 Å². The Morgan fingerprint density at radius 1 is 1.05 bits per heavy atom. The quantitative estimate of drug-likeness (QED) is 0.829. The Morgan fingerprint density at radius 3 is 2.43 bits per heavy atom. The highest BCUT2D eigenvalue weighted by Gasteiger charge is 2.13. The molecule has 2 aromatic carbocycles. The molecule has 0 aromatic heterocycles. The summed E-state index contributed by atoms with van der Waals surface area (Å²) in [5, 5.41) is 3.85. The van der Waals surface area contributed by atoms with Crippen molar-refractivity contribution in [1.82, 2.24) is 5.32 Å². The summed E-state index contributed by atoms with van der Waals surface area (Å²) in [6, 6.07) is 7.95. The van der Waals surface area contributed by atoms with Crippen molar-refractivity contribution in [3.8, 4) is 11.1 Å². The molecule has 0 atom stereocenters. The standard InChI is InChI=1S/C17H18ClF2N/c1-10(2)21-9-12-7-13(18)4-5-14(12)15-8-16(19)11(3)6-17(15)20/h4-8,10,21H,9H2,1-3H3. The molecule has 0 aliphatic heterocycles. The third kappa shape index (κ3) is 3.80. The second kappa shape index (κ2) is 6.54. The zero-order valence-corrected chi connectivity index (χ0v) is 13.1. The minimum Gasteiger partial charge on any atom is -0.310 e. The largest absolute Gasteiger partial charge is 0.310 e. The number of halogens is 3. The smallest absolute Gasteiger partial charge is 0.131 e. The predicted octanol–water partition coefficient (Wildman–Crippen LogP) is 5.09. The fourth-order valence-corrected chi connectivity index (χ4v) is 2.33. The summed E-state index contributed by atoms with van der Waals surface area (Å²) in [4.78, 5) is 0. The molecule has 2 rings (SSSR count). The van der Waals surface area contributed by atoms with E-state index in [9.17, 15) is 8.78 Å². The summed E-state index contributed by atoms with van der Waals surface area (Å²) in [5.41, 5.74) is 2.06. The molecule has 4 heteroatoms. The molecular weight excluding hydrogens is 292 g/mol. The van der Waals surface area contributed by atoms with Gasteiger partial charge in [0.05, 0.1) is 0 Å². The van der Waals surface area contributed by atoms with Crippen molar-refractivity contribution in [3.63, 3.8) is 0 Å². The van der Waals surface area contributed by atoms with Crippen LogP contribution in [0, 0.1) is 18.6 Å². The fraction of sp³-hybridized carbons (Fsp3) is 0.294. The molecule has 0 fully saturated rings. The van der Waals surface area contributed by atoms with Gasteiger partial charge in [-0.05, 0) is 47.9 Å². The average molecular weight is 310 g/mol. The topological polar surface area (TPSA) is 12.0 Å². The zero-order valence-electron chi connectivity index (χ0n) is 12.3. The number of hydrogen-bond acceptors (Lipinski definition) is 1. The van der Waals surface area contributed by atoms with E-state index < -0.39 is 11.6 Å². The van der Waals surface area contributed by atoms with Crippen molar-refractivity contribution in [2.75, 3.05) is 0 Å². The molecule has 0 saturated carbocycles. The summed E-state index contributed by atoms with van der Waals surface area (Å²) in [6.45, 7) is 6.14. The van der Waals surface area contributed by atoms with E-state index in [1.165, 1.54) is 12.1 Å². The van der Waals surface area contributed by atoms with Gasteiger partial charge in [-0.2, -0.15) is 0 Å². The van der Waals surface area contributed by atoms with Crippen LogP contribution in [0.4, 0.5) is 8.78 Å². The predicted molar refractivity (Wildman–Crippen MR) is 83.5 cm³/mol. The molecule has 0 aliphatic carbocycles. The van der Waals surface area contributed by atoms with Crippen molar-refractivity contribution in [1.29, 1.82) is 0 Å². The Bertz CT molecular complexity index is 653. The van der Waals surface area contributed by atoms with Gasteiger partial charge in [-0.25, -0.2) is 8.78 Å². The Kier molecular flexibility index (Phi) is 4.96. The second-order valence-electron chi connectivity index (χ2n) is 5.42. The molecule has 2 aromatic rings. The molecule has 0 spiro atoms. The SMILES string of the molecule is Cc1cc(F)c(-c2ccc(Cl)cc2CNC(C)C)cc1F. The van der Waals surface area contributed by atoms with Gasteiger partial charge in [-0.15, -0.1) is 0 Å². The van der Waals surface area contributed by atoms with Gasteiger partial charge in [-0.3, -0.25) is 0 Å². The number of aryl methyl sites for hydroxylation is 1. The van der Waals surface area contributed by atoms with Gasteiger partial charge < -0.3 is 5.32 Å². The van der Waals surface area contributed by atoms with Gasteiger partial charge >= 0.3 is 0 Å². The lowest BCUT2D eigenvalue weighted by Gasteiger charge is -2.14. The van der Waals surface area contributed by atoms with Crippen LogP contribution in [-0.4, -0.2) is 6.04 Å². The Balaban J connectivity index is 2.50. The highest BCUT2D eigenvalue weighted by molar-refractivity contribution is 6.30. The Labute approximate surface area is 128 Å². The highest BCUT2D eigenvalue weighted by Crippen LogP contribution is 2.30. The molecule has 0 saturated heterocycles. The van der Waals surface area contributed by atoms with Gasteiger partial charge in [-0.1, -0.05) is 31.5 Å². The van der Waals surface area contributed by atoms with E-state index in [4.69, 9.17) is 11.6 Å². The maximum atomic E-state index is 14.2. The van der Waals surface area contributed by atoms with Gasteiger partial charge in [0.25, 0.3) is 0 Å². The fourth-order valence-electron chi connectivity index (χ4n) is 2.14. The van der Waals surface area contributed by atoms with E-state index in [1.54, 1.807) is 25.1 Å². The maximum absolute atomic E-state index is 14.2. The van der Waals surface area contributed by atoms with Gasteiger partial charge in [0.2, 0.25) is 0 Å².